The fraction of sp³-hybridized carbons (Fsp3) is 0.400. The standard InChI is InChI=1S/C25H21N3O2S/c1-15-14-31-21(28-15)6-8-25-7-5-19-23(2,3)22(30)17(13-27)10-24(19,4)20(25)9-18(29)16(11-25)12-26/h9-11,14,19H,5,7H2,1-4H3/t19-,24-,25+/m0/s1. The van der Waals surface area contributed by atoms with Crippen molar-refractivity contribution in [3.05, 3.63) is 51.0 Å². The van der Waals surface area contributed by atoms with Crippen LogP contribution in [0.1, 0.15) is 44.3 Å². The van der Waals surface area contributed by atoms with Crippen molar-refractivity contribution in [3.8, 4) is 24.0 Å². The lowest BCUT2D eigenvalue weighted by atomic mass is 9.45. The van der Waals surface area contributed by atoms with E-state index in [4.69, 9.17) is 0 Å². The van der Waals surface area contributed by atoms with E-state index in [-0.39, 0.29) is 28.6 Å². The van der Waals surface area contributed by atoms with E-state index in [0.717, 1.165) is 11.3 Å². The van der Waals surface area contributed by atoms with E-state index < -0.39 is 16.2 Å². The summed E-state index contributed by atoms with van der Waals surface area (Å²) in [6, 6.07) is 4.06. The van der Waals surface area contributed by atoms with Gasteiger partial charge in [0, 0.05) is 21.9 Å². The smallest absolute Gasteiger partial charge is 0.196 e. The van der Waals surface area contributed by atoms with Crippen LogP contribution in [0.25, 0.3) is 0 Å². The quantitative estimate of drug-likeness (QED) is 0.578. The summed E-state index contributed by atoms with van der Waals surface area (Å²) in [4.78, 5) is 30.1. The first kappa shape index (κ1) is 21.0. The van der Waals surface area contributed by atoms with E-state index in [1.807, 2.05) is 39.1 Å². The molecule has 1 aromatic rings. The van der Waals surface area contributed by atoms with Crippen LogP contribution in [0.4, 0.5) is 0 Å². The van der Waals surface area contributed by atoms with Crippen molar-refractivity contribution < 1.29 is 9.59 Å². The van der Waals surface area contributed by atoms with Gasteiger partial charge in [0.25, 0.3) is 0 Å². The van der Waals surface area contributed by atoms with Gasteiger partial charge in [0.05, 0.1) is 16.6 Å². The second kappa shape index (κ2) is 6.88. The number of Topliss-reactive ketones (excluding diaryl/α,β-unsaturated/α-hetero) is 1. The molecule has 0 amide bonds. The summed E-state index contributed by atoms with van der Waals surface area (Å²) in [6.45, 7) is 7.64. The van der Waals surface area contributed by atoms with Gasteiger partial charge in [-0.3, -0.25) is 9.59 Å². The third-order valence-electron chi connectivity index (χ3n) is 6.94. The zero-order chi connectivity index (χ0) is 22.6. The summed E-state index contributed by atoms with van der Waals surface area (Å²) >= 11 is 1.45. The highest BCUT2D eigenvalue weighted by Crippen LogP contribution is 2.63. The van der Waals surface area contributed by atoms with E-state index in [0.29, 0.717) is 17.8 Å². The lowest BCUT2D eigenvalue weighted by Gasteiger charge is -2.56. The Morgan fingerprint density at radius 2 is 1.84 bits per heavy atom. The molecule has 0 radical (unpaired) electrons. The average molecular weight is 428 g/mol. The normalized spacial score (nSPS) is 30.9. The number of allylic oxidation sites excluding steroid dienone is 6. The highest BCUT2D eigenvalue weighted by molar-refractivity contribution is 7.10. The number of aryl methyl sites for hydroxylation is 1. The van der Waals surface area contributed by atoms with Crippen molar-refractivity contribution in [1.82, 2.24) is 4.98 Å². The summed E-state index contributed by atoms with van der Waals surface area (Å²) in [5, 5.41) is 21.8. The number of nitriles is 2. The van der Waals surface area contributed by atoms with Crippen LogP contribution in [0, 0.1) is 63.6 Å². The van der Waals surface area contributed by atoms with E-state index >= 15 is 0 Å². The Kier molecular flexibility index (Phi) is 4.65. The van der Waals surface area contributed by atoms with Gasteiger partial charge in [0.2, 0.25) is 0 Å². The number of aromatic nitrogens is 1. The predicted molar refractivity (Wildman–Crippen MR) is 116 cm³/mol. The van der Waals surface area contributed by atoms with E-state index in [2.05, 4.69) is 22.9 Å². The van der Waals surface area contributed by atoms with Crippen molar-refractivity contribution >= 4 is 22.9 Å². The van der Waals surface area contributed by atoms with Crippen molar-refractivity contribution in [2.75, 3.05) is 0 Å². The maximum absolute atomic E-state index is 12.9. The largest absolute Gasteiger partial charge is 0.293 e. The molecule has 0 bridgehead atoms. The molecule has 3 atom stereocenters. The number of carbonyl (C=O) groups is 2. The first-order valence-corrected chi connectivity index (χ1v) is 11.0. The van der Waals surface area contributed by atoms with Gasteiger partial charge < -0.3 is 0 Å². The lowest BCUT2D eigenvalue weighted by Crippen LogP contribution is -2.53. The molecule has 4 rings (SSSR count). The number of ketones is 2. The fourth-order valence-electron chi connectivity index (χ4n) is 5.51. The Morgan fingerprint density at radius 1 is 1.13 bits per heavy atom. The Hall–Kier alpha value is -3.27. The average Bonchev–Trinajstić information content (AvgIpc) is 3.15. The van der Waals surface area contributed by atoms with Crippen molar-refractivity contribution in [2.24, 2.45) is 22.2 Å². The highest BCUT2D eigenvalue weighted by atomic mass is 32.1. The molecule has 1 aromatic heterocycles. The van der Waals surface area contributed by atoms with E-state index in [1.165, 1.54) is 17.4 Å². The first-order chi connectivity index (χ1) is 14.6. The van der Waals surface area contributed by atoms with Gasteiger partial charge in [-0.15, -0.1) is 11.3 Å². The van der Waals surface area contributed by atoms with Gasteiger partial charge in [-0.05, 0) is 49.3 Å². The monoisotopic (exact) mass is 427 g/mol. The minimum Gasteiger partial charge on any atom is -0.293 e. The molecule has 6 heteroatoms. The van der Waals surface area contributed by atoms with Crippen LogP contribution in [0.15, 0.2) is 40.3 Å². The van der Waals surface area contributed by atoms with Gasteiger partial charge in [-0.25, -0.2) is 4.98 Å². The molecule has 1 saturated carbocycles. The maximum atomic E-state index is 12.9. The van der Waals surface area contributed by atoms with E-state index in [1.54, 1.807) is 12.2 Å². The van der Waals surface area contributed by atoms with Crippen LogP contribution >= 0.6 is 11.3 Å². The molecule has 0 aromatic carbocycles. The summed E-state index contributed by atoms with van der Waals surface area (Å²) in [7, 11) is 0. The number of rotatable bonds is 0. The molecule has 5 nitrogen and oxygen atoms in total. The Labute approximate surface area is 185 Å². The van der Waals surface area contributed by atoms with Gasteiger partial charge >= 0.3 is 0 Å². The summed E-state index contributed by atoms with van der Waals surface area (Å²) in [6.07, 6.45) is 6.18. The van der Waals surface area contributed by atoms with Crippen LogP contribution < -0.4 is 0 Å². The van der Waals surface area contributed by atoms with Crippen LogP contribution in [0.5, 0.6) is 0 Å². The molecule has 0 unspecified atom stereocenters. The molecular formula is C25H21N3O2S. The van der Waals surface area contributed by atoms with Crippen LogP contribution in [-0.4, -0.2) is 16.6 Å². The third-order valence-corrected chi connectivity index (χ3v) is 7.82. The molecule has 0 spiro atoms. The topological polar surface area (TPSA) is 94.6 Å². The van der Waals surface area contributed by atoms with Crippen LogP contribution in [0.2, 0.25) is 0 Å². The minimum absolute atomic E-state index is 0.0750. The molecular weight excluding hydrogens is 406 g/mol. The molecule has 31 heavy (non-hydrogen) atoms. The number of thiazole rings is 1. The Bertz CT molecular complexity index is 1270. The summed E-state index contributed by atoms with van der Waals surface area (Å²) in [5.41, 5.74) is -0.436. The number of carbonyl (C=O) groups excluding carboxylic acids is 2. The van der Waals surface area contributed by atoms with Gasteiger partial charge in [-0.1, -0.05) is 32.8 Å². The highest BCUT2D eigenvalue weighted by Gasteiger charge is 2.59. The van der Waals surface area contributed by atoms with Crippen LogP contribution in [0.3, 0.4) is 0 Å². The SMILES string of the molecule is Cc1csc(C#C[C@]23C=C(C#N)C(=O)C=C2[C@@]2(C)C=C(C#N)C(=O)C(C)(C)[C@@H]2CC3)n1. The van der Waals surface area contributed by atoms with E-state index in [9.17, 15) is 20.1 Å². The number of nitrogens with zero attached hydrogens (tertiary/aromatic N) is 3. The van der Waals surface area contributed by atoms with Crippen LogP contribution in [-0.2, 0) is 9.59 Å². The first-order valence-electron chi connectivity index (χ1n) is 10.1. The summed E-state index contributed by atoms with van der Waals surface area (Å²) < 4.78 is 0. The molecule has 1 fully saturated rings. The fourth-order valence-corrected chi connectivity index (χ4v) is 6.15. The molecule has 0 saturated heterocycles. The molecule has 3 aliphatic carbocycles. The molecule has 0 aliphatic heterocycles. The zero-order valence-electron chi connectivity index (χ0n) is 17.9. The maximum Gasteiger partial charge on any atom is 0.196 e. The van der Waals surface area contributed by atoms with Crippen molar-refractivity contribution in [1.29, 1.82) is 10.5 Å². The Balaban J connectivity index is 1.96. The predicted octanol–water partition coefficient (Wildman–Crippen LogP) is 4.22. The number of hydrogen-bond acceptors (Lipinski definition) is 6. The Morgan fingerprint density at radius 3 is 2.45 bits per heavy atom. The number of fused-ring (bicyclic) bond motifs is 3. The second-order valence-electron chi connectivity index (χ2n) is 9.20. The second-order valence-corrected chi connectivity index (χ2v) is 10.1. The molecule has 0 N–H and O–H groups in total. The number of hydrogen-bond donors (Lipinski definition) is 0. The van der Waals surface area contributed by atoms with Gasteiger partial charge in [-0.2, -0.15) is 10.5 Å². The van der Waals surface area contributed by atoms with Gasteiger partial charge in [0.1, 0.15) is 12.1 Å². The lowest BCUT2D eigenvalue weighted by molar-refractivity contribution is -0.130. The zero-order valence-corrected chi connectivity index (χ0v) is 18.7. The van der Waals surface area contributed by atoms with Crippen molar-refractivity contribution in [3.63, 3.8) is 0 Å². The third kappa shape index (κ3) is 3.01. The molecule has 154 valence electrons. The molecule has 1 heterocycles. The summed E-state index contributed by atoms with van der Waals surface area (Å²) in [5.74, 6) is 5.88. The van der Waals surface area contributed by atoms with Gasteiger partial charge in [0.15, 0.2) is 16.6 Å². The van der Waals surface area contributed by atoms with Crippen molar-refractivity contribution in [2.45, 2.75) is 40.5 Å². The molecule has 3 aliphatic rings. The minimum atomic E-state index is -0.822.